The van der Waals surface area contributed by atoms with Gasteiger partial charge in [-0.2, -0.15) is 5.10 Å². The number of aromatic nitrogens is 2. The van der Waals surface area contributed by atoms with Crippen LogP contribution in [0, 0.1) is 17.8 Å². The molecule has 2 saturated carbocycles. The molecule has 6 nitrogen and oxygen atoms in total. The number of nitrogens with zero attached hydrogens (tertiary/aromatic N) is 3. The van der Waals surface area contributed by atoms with Gasteiger partial charge in [0.15, 0.2) is 0 Å². The van der Waals surface area contributed by atoms with Crippen molar-refractivity contribution in [1.29, 1.82) is 0 Å². The molecule has 1 N–H and O–H groups in total. The van der Waals surface area contributed by atoms with Gasteiger partial charge in [-0.25, -0.2) is 12.7 Å². The first-order valence-corrected chi connectivity index (χ1v) is 12.1. The van der Waals surface area contributed by atoms with Gasteiger partial charge in [0.05, 0.1) is 16.6 Å². The van der Waals surface area contributed by atoms with Crippen LogP contribution in [0.25, 0.3) is 0 Å². The molecule has 7 heteroatoms. The number of aryl methyl sites for hydroxylation is 1. The summed E-state index contributed by atoms with van der Waals surface area (Å²) in [4.78, 5) is 0.398. The smallest absolute Gasteiger partial charge is 0.242 e. The molecular weight excluding hydrogens is 384 g/mol. The first-order valence-electron chi connectivity index (χ1n) is 10.7. The summed E-state index contributed by atoms with van der Waals surface area (Å²) in [6.45, 7) is 0. The summed E-state index contributed by atoms with van der Waals surface area (Å²) < 4.78 is 28.8. The van der Waals surface area contributed by atoms with E-state index in [1.807, 2.05) is 30.1 Å². The predicted octanol–water partition coefficient (Wildman–Crippen LogP) is 3.75. The van der Waals surface area contributed by atoms with Crippen LogP contribution in [0.4, 0.5) is 5.69 Å². The Hall–Kier alpha value is -1.86. The van der Waals surface area contributed by atoms with E-state index in [1.165, 1.54) is 41.2 Å². The Morgan fingerprint density at radius 1 is 1.14 bits per heavy atom. The van der Waals surface area contributed by atoms with Gasteiger partial charge in [-0.05, 0) is 72.8 Å². The minimum Gasteiger partial charge on any atom is -0.376 e. The lowest BCUT2D eigenvalue weighted by Crippen LogP contribution is -2.41. The largest absolute Gasteiger partial charge is 0.376 e. The molecule has 1 aromatic heterocycles. The van der Waals surface area contributed by atoms with Crippen molar-refractivity contribution in [3.8, 4) is 0 Å². The third kappa shape index (κ3) is 2.93. The summed E-state index contributed by atoms with van der Waals surface area (Å²) in [5.74, 6) is 2.38. The molecule has 5 rings (SSSR count). The first kappa shape index (κ1) is 19.1. The van der Waals surface area contributed by atoms with E-state index in [-0.39, 0.29) is 6.04 Å². The van der Waals surface area contributed by atoms with Gasteiger partial charge in [-0.15, -0.1) is 0 Å². The van der Waals surface area contributed by atoms with Crippen LogP contribution in [0.5, 0.6) is 0 Å². The highest BCUT2D eigenvalue weighted by molar-refractivity contribution is 7.89. The second-order valence-electron chi connectivity index (χ2n) is 9.15. The van der Waals surface area contributed by atoms with Gasteiger partial charge in [0.1, 0.15) is 0 Å². The lowest BCUT2D eigenvalue weighted by Gasteiger charge is -2.49. The Kier molecular flexibility index (Phi) is 4.51. The average Bonchev–Trinajstić information content (AvgIpc) is 3.35. The van der Waals surface area contributed by atoms with Crippen molar-refractivity contribution in [3.63, 3.8) is 0 Å². The van der Waals surface area contributed by atoms with Crippen LogP contribution in [0.3, 0.4) is 0 Å². The second-order valence-corrected chi connectivity index (χ2v) is 11.3. The minimum atomic E-state index is -3.44. The van der Waals surface area contributed by atoms with Crippen LogP contribution in [0.1, 0.15) is 55.3 Å². The summed E-state index contributed by atoms with van der Waals surface area (Å²) in [5, 5.41) is 8.22. The van der Waals surface area contributed by atoms with Gasteiger partial charge in [0, 0.05) is 33.0 Å². The number of hydrogen-bond donors (Lipinski definition) is 1. The Morgan fingerprint density at radius 2 is 1.97 bits per heavy atom. The molecule has 3 aliphatic rings. The maximum atomic E-state index is 12.8. The maximum absolute atomic E-state index is 12.8. The fraction of sp³-hybridized carbons (Fsp3) is 0.591. The molecule has 2 aromatic rings. The molecule has 1 aromatic carbocycles. The van der Waals surface area contributed by atoms with Crippen LogP contribution in [-0.4, -0.2) is 36.6 Å². The van der Waals surface area contributed by atoms with Crippen molar-refractivity contribution in [1.82, 2.24) is 14.1 Å². The van der Waals surface area contributed by atoms with Crippen molar-refractivity contribution in [2.45, 2.75) is 49.0 Å². The lowest BCUT2D eigenvalue weighted by molar-refractivity contribution is 0.127. The van der Waals surface area contributed by atoms with E-state index < -0.39 is 10.0 Å². The van der Waals surface area contributed by atoms with Crippen molar-refractivity contribution in [2.24, 2.45) is 24.8 Å². The lowest BCUT2D eigenvalue weighted by atomic mass is 9.61. The maximum Gasteiger partial charge on any atom is 0.242 e. The summed E-state index contributed by atoms with van der Waals surface area (Å²) in [6.07, 6.45) is 8.22. The standard InChI is InChI=1S/C22H30N4O2S/c1-25(2)29(27,28)15-8-10-19-18(13-15)17-9-7-14-5-4-6-16(14)21(17)22(24-19)20-11-12-23-26(20)3/h8,10-14,16-17,21-22,24H,4-7,9H2,1-3H3. The van der Waals surface area contributed by atoms with E-state index in [1.54, 1.807) is 20.2 Å². The van der Waals surface area contributed by atoms with Crippen LogP contribution < -0.4 is 5.32 Å². The molecule has 0 radical (unpaired) electrons. The highest BCUT2D eigenvalue weighted by Gasteiger charge is 2.49. The molecule has 1 aliphatic heterocycles. The van der Waals surface area contributed by atoms with Crippen LogP contribution >= 0.6 is 0 Å². The number of nitrogens with one attached hydrogen (secondary N) is 1. The number of rotatable bonds is 3. The number of hydrogen-bond acceptors (Lipinski definition) is 4. The molecule has 2 heterocycles. The minimum absolute atomic E-state index is 0.224. The van der Waals surface area contributed by atoms with E-state index in [0.717, 1.165) is 18.0 Å². The third-order valence-corrected chi connectivity index (χ3v) is 9.41. The first-order chi connectivity index (χ1) is 13.9. The Bertz CT molecular complexity index is 1030. The third-order valence-electron chi connectivity index (χ3n) is 7.60. The van der Waals surface area contributed by atoms with E-state index in [4.69, 9.17) is 0 Å². The van der Waals surface area contributed by atoms with Crippen molar-refractivity contribution < 1.29 is 8.42 Å². The molecule has 5 unspecified atom stereocenters. The molecule has 29 heavy (non-hydrogen) atoms. The molecule has 5 atom stereocenters. The zero-order chi connectivity index (χ0) is 20.3. The van der Waals surface area contributed by atoms with Crippen molar-refractivity contribution in [3.05, 3.63) is 41.7 Å². The zero-order valence-electron chi connectivity index (χ0n) is 17.4. The summed E-state index contributed by atoms with van der Waals surface area (Å²) in [6, 6.07) is 7.99. The Labute approximate surface area is 173 Å². The normalized spacial score (nSPS) is 31.1. The molecule has 156 valence electrons. The fourth-order valence-electron chi connectivity index (χ4n) is 6.23. The van der Waals surface area contributed by atoms with Crippen molar-refractivity contribution in [2.75, 3.05) is 19.4 Å². The van der Waals surface area contributed by atoms with Crippen molar-refractivity contribution >= 4 is 15.7 Å². The highest BCUT2D eigenvalue weighted by Crippen LogP contribution is 2.59. The van der Waals surface area contributed by atoms with Gasteiger partial charge in [0.25, 0.3) is 0 Å². The predicted molar refractivity (Wildman–Crippen MR) is 113 cm³/mol. The number of sulfonamides is 1. The summed E-state index contributed by atoms with van der Waals surface area (Å²) in [5.41, 5.74) is 3.48. The number of fused-ring (bicyclic) bond motifs is 5. The Balaban J connectivity index is 1.63. The van der Waals surface area contributed by atoms with Gasteiger partial charge in [-0.3, -0.25) is 4.68 Å². The Morgan fingerprint density at radius 3 is 2.69 bits per heavy atom. The van der Waals surface area contributed by atoms with Gasteiger partial charge < -0.3 is 5.32 Å². The quantitative estimate of drug-likeness (QED) is 0.831. The van der Waals surface area contributed by atoms with E-state index in [0.29, 0.717) is 22.6 Å². The molecule has 0 spiro atoms. The second kappa shape index (κ2) is 6.84. The summed E-state index contributed by atoms with van der Waals surface area (Å²) in [7, 11) is 1.77. The molecular formula is C22H30N4O2S. The molecule has 2 aliphatic carbocycles. The molecule has 0 saturated heterocycles. The SMILES string of the molecule is CN(C)S(=O)(=O)c1ccc2c(c1)C1CCC3CCCC3C1C(c1ccnn1C)N2. The topological polar surface area (TPSA) is 67.2 Å². The molecule has 0 bridgehead atoms. The van der Waals surface area contributed by atoms with Crippen LogP contribution in [0.15, 0.2) is 35.4 Å². The highest BCUT2D eigenvalue weighted by atomic mass is 32.2. The van der Waals surface area contributed by atoms with Gasteiger partial charge >= 0.3 is 0 Å². The number of benzene rings is 1. The summed E-state index contributed by atoms with van der Waals surface area (Å²) >= 11 is 0. The van der Waals surface area contributed by atoms with Crippen LogP contribution in [0.2, 0.25) is 0 Å². The fourth-order valence-corrected chi connectivity index (χ4v) is 7.17. The average molecular weight is 415 g/mol. The number of anilines is 1. The van der Waals surface area contributed by atoms with Gasteiger partial charge in [0.2, 0.25) is 10.0 Å². The van der Waals surface area contributed by atoms with Gasteiger partial charge in [-0.1, -0.05) is 12.8 Å². The molecule has 0 amide bonds. The monoisotopic (exact) mass is 414 g/mol. The van der Waals surface area contributed by atoms with E-state index in [9.17, 15) is 8.42 Å². The zero-order valence-corrected chi connectivity index (χ0v) is 18.2. The van der Waals surface area contributed by atoms with Crippen LogP contribution in [-0.2, 0) is 17.1 Å². The van der Waals surface area contributed by atoms with E-state index in [2.05, 4.69) is 16.5 Å². The molecule has 2 fully saturated rings. The van der Waals surface area contributed by atoms with E-state index >= 15 is 0 Å².